The molecule has 0 saturated heterocycles. The van der Waals surface area contributed by atoms with Gasteiger partial charge in [0.15, 0.2) is 0 Å². The third-order valence-electron chi connectivity index (χ3n) is 2.83. The molecule has 1 rings (SSSR count). The number of hydrogen-bond donors (Lipinski definition) is 2. The molecule has 3 N–H and O–H groups in total. The van der Waals surface area contributed by atoms with E-state index in [9.17, 15) is 4.79 Å². The summed E-state index contributed by atoms with van der Waals surface area (Å²) in [5.74, 6) is 0.723. The quantitative estimate of drug-likeness (QED) is 0.507. The van der Waals surface area contributed by atoms with E-state index in [1.54, 1.807) is 0 Å². The monoisotopic (exact) mass is 211 g/mol. The summed E-state index contributed by atoms with van der Waals surface area (Å²) in [5.41, 5.74) is 8.64. The minimum atomic E-state index is -0.586. The summed E-state index contributed by atoms with van der Waals surface area (Å²) < 4.78 is 0. The molecule has 2 amide bonds. The molecular formula is C11H21N3O. The summed E-state index contributed by atoms with van der Waals surface area (Å²) in [4.78, 5) is 10.6. The van der Waals surface area contributed by atoms with E-state index in [1.165, 1.54) is 6.42 Å². The number of hydrazone groups is 1. The minimum absolute atomic E-state index is 0.272. The molecule has 0 aromatic rings. The number of carbonyl (C=O) groups is 1. The molecule has 1 saturated carbocycles. The third kappa shape index (κ3) is 4.32. The summed E-state index contributed by atoms with van der Waals surface area (Å²) in [5, 5.41) is 4.06. The average molecular weight is 211 g/mol. The molecule has 86 valence electrons. The molecule has 1 fully saturated rings. The van der Waals surface area contributed by atoms with E-state index in [-0.39, 0.29) is 5.41 Å². The zero-order valence-corrected chi connectivity index (χ0v) is 9.84. The molecule has 1 unspecified atom stereocenters. The Morgan fingerprint density at radius 1 is 1.60 bits per heavy atom. The standard InChI is InChI=1S/C11H21N3O/c1-8-4-5-9(13-14-10(12)15)7-11(2,3)6-8/h8H,4-7H2,1-3H3,(H3,12,14,15)/b13-9+. The van der Waals surface area contributed by atoms with Crippen molar-refractivity contribution in [2.24, 2.45) is 22.2 Å². The number of primary amides is 1. The van der Waals surface area contributed by atoms with Gasteiger partial charge in [0, 0.05) is 5.71 Å². The van der Waals surface area contributed by atoms with Gasteiger partial charge in [-0.05, 0) is 37.0 Å². The molecule has 0 bridgehead atoms. The van der Waals surface area contributed by atoms with Crippen LogP contribution in [0, 0.1) is 11.3 Å². The highest BCUT2D eigenvalue weighted by Crippen LogP contribution is 2.35. The van der Waals surface area contributed by atoms with Gasteiger partial charge in [-0.25, -0.2) is 10.2 Å². The summed E-state index contributed by atoms with van der Waals surface area (Å²) >= 11 is 0. The Morgan fingerprint density at radius 2 is 2.27 bits per heavy atom. The van der Waals surface area contributed by atoms with Crippen molar-refractivity contribution in [3.05, 3.63) is 0 Å². The van der Waals surface area contributed by atoms with Crippen LogP contribution in [-0.4, -0.2) is 11.7 Å². The van der Waals surface area contributed by atoms with Crippen molar-refractivity contribution in [3.63, 3.8) is 0 Å². The molecule has 0 aliphatic heterocycles. The Balaban J connectivity index is 2.66. The van der Waals surface area contributed by atoms with Crippen LogP contribution in [0.3, 0.4) is 0 Å². The van der Waals surface area contributed by atoms with Gasteiger partial charge in [-0.3, -0.25) is 0 Å². The predicted molar refractivity (Wildman–Crippen MR) is 61.6 cm³/mol. The van der Waals surface area contributed by atoms with Crippen LogP contribution >= 0.6 is 0 Å². The SMILES string of the molecule is CC1CC/C(=N\NC(N)=O)CC(C)(C)C1. The highest BCUT2D eigenvalue weighted by atomic mass is 16.2. The maximum Gasteiger partial charge on any atom is 0.332 e. The number of rotatable bonds is 1. The van der Waals surface area contributed by atoms with Crippen molar-refractivity contribution in [1.82, 2.24) is 5.43 Å². The Hall–Kier alpha value is -1.06. The number of urea groups is 1. The smallest absolute Gasteiger partial charge is 0.332 e. The highest BCUT2D eigenvalue weighted by Gasteiger charge is 2.27. The number of hydrogen-bond acceptors (Lipinski definition) is 2. The maximum atomic E-state index is 10.6. The number of nitrogens with two attached hydrogens (primary N) is 1. The lowest BCUT2D eigenvalue weighted by molar-refractivity contribution is 0.249. The molecule has 0 aromatic carbocycles. The molecule has 1 aliphatic carbocycles. The molecule has 1 atom stereocenters. The molecule has 0 radical (unpaired) electrons. The van der Waals surface area contributed by atoms with Crippen LogP contribution in [0.2, 0.25) is 0 Å². The summed E-state index contributed by atoms with van der Waals surface area (Å²) in [6.07, 6.45) is 4.26. The van der Waals surface area contributed by atoms with Gasteiger partial charge in [0.25, 0.3) is 0 Å². The minimum Gasteiger partial charge on any atom is -0.350 e. The van der Waals surface area contributed by atoms with Gasteiger partial charge in [-0.1, -0.05) is 20.8 Å². The van der Waals surface area contributed by atoms with Crippen molar-refractivity contribution in [1.29, 1.82) is 0 Å². The second-order valence-corrected chi connectivity index (χ2v) is 5.34. The van der Waals surface area contributed by atoms with Gasteiger partial charge >= 0.3 is 6.03 Å². The Kier molecular flexibility index (Phi) is 3.72. The topological polar surface area (TPSA) is 67.5 Å². The van der Waals surface area contributed by atoms with E-state index in [0.29, 0.717) is 0 Å². The van der Waals surface area contributed by atoms with Crippen molar-refractivity contribution in [2.75, 3.05) is 0 Å². The zero-order chi connectivity index (χ0) is 11.5. The lowest BCUT2D eigenvalue weighted by atomic mass is 9.81. The largest absolute Gasteiger partial charge is 0.350 e. The fourth-order valence-corrected chi connectivity index (χ4v) is 2.40. The second kappa shape index (κ2) is 4.64. The van der Waals surface area contributed by atoms with Crippen LogP contribution in [0.25, 0.3) is 0 Å². The van der Waals surface area contributed by atoms with Gasteiger partial charge in [0.2, 0.25) is 0 Å². The van der Waals surface area contributed by atoms with Gasteiger partial charge in [0.1, 0.15) is 0 Å². The first-order valence-corrected chi connectivity index (χ1v) is 5.50. The molecule has 0 aromatic heterocycles. The van der Waals surface area contributed by atoms with Crippen LogP contribution in [0.4, 0.5) is 4.79 Å². The van der Waals surface area contributed by atoms with E-state index < -0.39 is 6.03 Å². The molecule has 0 spiro atoms. The summed E-state index contributed by atoms with van der Waals surface area (Å²) in [7, 11) is 0. The molecule has 4 nitrogen and oxygen atoms in total. The lowest BCUT2D eigenvalue weighted by Gasteiger charge is -2.24. The van der Waals surface area contributed by atoms with Gasteiger partial charge < -0.3 is 5.73 Å². The lowest BCUT2D eigenvalue weighted by Crippen LogP contribution is -2.26. The number of amides is 2. The van der Waals surface area contributed by atoms with Crippen LogP contribution in [0.15, 0.2) is 5.10 Å². The number of carbonyl (C=O) groups excluding carboxylic acids is 1. The van der Waals surface area contributed by atoms with Crippen molar-refractivity contribution < 1.29 is 4.79 Å². The maximum absolute atomic E-state index is 10.6. The van der Waals surface area contributed by atoms with Crippen LogP contribution in [0.5, 0.6) is 0 Å². The van der Waals surface area contributed by atoms with E-state index in [1.807, 2.05) is 0 Å². The van der Waals surface area contributed by atoms with Crippen molar-refractivity contribution in [2.45, 2.75) is 46.5 Å². The third-order valence-corrected chi connectivity index (χ3v) is 2.83. The number of nitrogens with zero attached hydrogens (tertiary/aromatic N) is 1. The van der Waals surface area contributed by atoms with E-state index in [2.05, 4.69) is 31.3 Å². The highest BCUT2D eigenvalue weighted by molar-refractivity contribution is 5.86. The molecule has 15 heavy (non-hydrogen) atoms. The normalized spacial score (nSPS) is 28.5. The fourth-order valence-electron chi connectivity index (χ4n) is 2.40. The van der Waals surface area contributed by atoms with Crippen molar-refractivity contribution in [3.8, 4) is 0 Å². The van der Waals surface area contributed by atoms with E-state index >= 15 is 0 Å². The average Bonchev–Trinajstić information content (AvgIpc) is 2.20. The predicted octanol–water partition coefficient (Wildman–Crippen LogP) is 2.25. The Labute approximate surface area is 91.3 Å². The second-order valence-electron chi connectivity index (χ2n) is 5.34. The van der Waals surface area contributed by atoms with E-state index in [4.69, 9.17) is 5.73 Å². The molecule has 1 aliphatic rings. The Bertz CT molecular complexity index is 271. The first-order valence-electron chi connectivity index (χ1n) is 5.50. The van der Waals surface area contributed by atoms with E-state index in [0.717, 1.165) is 30.9 Å². The molecule has 0 heterocycles. The summed E-state index contributed by atoms with van der Waals surface area (Å²) in [6.45, 7) is 6.76. The molecule has 4 heteroatoms. The van der Waals surface area contributed by atoms with Crippen LogP contribution < -0.4 is 11.2 Å². The zero-order valence-electron chi connectivity index (χ0n) is 9.84. The van der Waals surface area contributed by atoms with Crippen molar-refractivity contribution >= 4 is 11.7 Å². The molecular weight excluding hydrogens is 190 g/mol. The van der Waals surface area contributed by atoms with Gasteiger partial charge in [-0.2, -0.15) is 5.10 Å². The number of nitrogens with one attached hydrogen (secondary N) is 1. The first-order chi connectivity index (χ1) is 6.89. The Morgan fingerprint density at radius 3 is 2.87 bits per heavy atom. The first kappa shape index (κ1) is 12.0. The van der Waals surface area contributed by atoms with Crippen LogP contribution in [-0.2, 0) is 0 Å². The van der Waals surface area contributed by atoms with Crippen LogP contribution in [0.1, 0.15) is 46.5 Å². The fraction of sp³-hybridized carbons (Fsp3) is 0.818. The van der Waals surface area contributed by atoms with Gasteiger partial charge in [-0.15, -0.1) is 0 Å². The summed E-state index contributed by atoms with van der Waals surface area (Å²) in [6, 6.07) is -0.586. The van der Waals surface area contributed by atoms with Gasteiger partial charge in [0.05, 0.1) is 0 Å².